The normalized spacial score (nSPS) is 16.5. The van der Waals surface area contributed by atoms with E-state index in [1.54, 1.807) is 11.3 Å². The van der Waals surface area contributed by atoms with Gasteiger partial charge in [-0.05, 0) is 49.2 Å². The van der Waals surface area contributed by atoms with Crippen LogP contribution in [0.2, 0.25) is 0 Å². The van der Waals surface area contributed by atoms with Crippen molar-refractivity contribution in [2.45, 2.75) is 31.7 Å². The summed E-state index contributed by atoms with van der Waals surface area (Å²) in [6.07, 6.45) is 2.29. The molecule has 2 aromatic carbocycles. The van der Waals surface area contributed by atoms with Crippen molar-refractivity contribution in [2.24, 2.45) is 0 Å². The summed E-state index contributed by atoms with van der Waals surface area (Å²) in [5, 5.41) is 3.83. The van der Waals surface area contributed by atoms with E-state index in [4.69, 9.17) is 4.98 Å². The van der Waals surface area contributed by atoms with Crippen molar-refractivity contribution in [2.75, 3.05) is 11.9 Å². The molecule has 1 atom stereocenters. The summed E-state index contributed by atoms with van der Waals surface area (Å²) < 4.78 is 2.10. The molecule has 1 saturated heterocycles. The summed E-state index contributed by atoms with van der Waals surface area (Å²) in [5.74, 6) is -0.126. The largest absolute Gasteiger partial charge is 0.333 e. The number of halogens is 1. The highest BCUT2D eigenvalue weighted by Crippen LogP contribution is 2.36. The average molecular weight is 458 g/mol. The third-order valence-corrected chi connectivity index (χ3v) is 6.53. The number of rotatable bonds is 5. The highest BCUT2D eigenvalue weighted by molar-refractivity contribution is 9.10. The fraction of sp³-hybridized carbons (Fsp3) is 0.286. The summed E-state index contributed by atoms with van der Waals surface area (Å²) in [4.78, 5) is 31.6. The zero-order valence-corrected chi connectivity index (χ0v) is 17.6. The lowest BCUT2D eigenvalue weighted by Gasteiger charge is -2.23. The van der Waals surface area contributed by atoms with Gasteiger partial charge in [0.05, 0.1) is 16.3 Å². The fourth-order valence-electron chi connectivity index (χ4n) is 3.48. The topological polar surface area (TPSA) is 62.3 Å². The van der Waals surface area contributed by atoms with Crippen LogP contribution in [0.25, 0.3) is 10.2 Å². The fourth-order valence-corrected chi connectivity index (χ4v) is 4.85. The number of anilines is 1. The highest BCUT2D eigenvalue weighted by atomic mass is 79.9. The number of nitrogens with one attached hydrogen (secondary N) is 1. The van der Waals surface area contributed by atoms with E-state index in [2.05, 4.69) is 27.3 Å². The molecule has 0 bridgehead atoms. The maximum absolute atomic E-state index is 12.8. The minimum Gasteiger partial charge on any atom is -0.333 e. The first-order valence-electron chi connectivity index (χ1n) is 9.30. The van der Waals surface area contributed by atoms with Crippen molar-refractivity contribution >= 4 is 55.0 Å². The van der Waals surface area contributed by atoms with Gasteiger partial charge in [0.25, 0.3) is 0 Å². The minimum absolute atomic E-state index is 0.0210. The average Bonchev–Trinajstić information content (AvgIpc) is 3.34. The second-order valence-electron chi connectivity index (χ2n) is 6.82. The predicted molar refractivity (Wildman–Crippen MR) is 115 cm³/mol. The zero-order valence-electron chi connectivity index (χ0n) is 15.2. The first-order chi connectivity index (χ1) is 13.6. The lowest BCUT2D eigenvalue weighted by Crippen LogP contribution is -2.31. The van der Waals surface area contributed by atoms with Gasteiger partial charge in [-0.25, -0.2) is 4.98 Å². The number of hydrogen-bond donors (Lipinski definition) is 1. The molecule has 0 aliphatic carbocycles. The molecule has 0 unspecified atom stereocenters. The Morgan fingerprint density at radius 1 is 1.14 bits per heavy atom. The lowest BCUT2D eigenvalue weighted by atomic mass is 10.2. The van der Waals surface area contributed by atoms with Crippen LogP contribution in [0.5, 0.6) is 0 Å². The van der Waals surface area contributed by atoms with E-state index in [-0.39, 0.29) is 30.7 Å². The summed E-state index contributed by atoms with van der Waals surface area (Å²) in [7, 11) is 0. The van der Waals surface area contributed by atoms with Crippen LogP contribution >= 0.6 is 27.3 Å². The van der Waals surface area contributed by atoms with E-state index in [0.717, 1.165) is 44.8 Å². The van der Waals surface area contributed by atoms with Crippen molar-refractivity contribution in [3.63, 3.8) is 0 Å². The Kier molecular flexibility index (Phi) is 5.73. The minimum atomic E-state index is -0.147. The molecule has 3 aromatic rings. The number of benzene rings is 2. The first kappa shape index (κ1) is 19.1. The van der Waals surface area contributed by atoms with Crippen LogP contribution in [0.4, 0.5) is 5.69 Å². The van der Waals surface area contributed by atoms with Gasteiger partial charge in [-0.15, -0.1) is 11.3 Å². The van der Waals surface area contributed by atoms with Crippen molar-refractivity contribution in [1.82, 2.24) is 9.88 Å². The van der Waals surface area contributed by atoms with Crippen LogP contribution in [-0.4, -0.2) is 28.2 Å². The number of hydrogen-bond acceptors (Lipinski definition) is 4. The summed E-state index contributed by atoms with van der Waals surface area (Å²) >= 11 is 5.02. The molecular weight excluding hydrogens is 438 g/mol. The molecule has 1 aromatic heterocycles. The smallest absolute Gasteiger partial charge is 0.224 e. The Balaban J connectivity index is 1.36. The van der Waals surface area contributed by atoms with Crippen molar-refractivity contribution < 1.29 is 9.59 Å². The Bertz CT molecular complexity index is 969. The van der Waals surface area contributed by atoms with Crippen molar-refractivity contribution in [1.29, 1.82) is 0 Å². The van der Waals surface area contributed by atoms with Gasteiger partial charge in [0.2, 0.25) is 11.8 Å². The highest BCUT2D eigenvalue weighted by Gasteiger charge is 2.32. The van der Waals surface area contributed by atoms with Crippen LogP contribution in [0.15, 0.2) is 53.0 Å². The molecule has 2 heterocycles. The van der Waals surface area contributed by atoms with Gasteiger partial charge in [-0.3, -0.25) is 9.59 Å². The van der Waals surface area contributed by atoms with E-state index < -0.39 is 0 Å². The number of likely N-dealkylation sites (tertiary alicyclic amines) is 1. The standard InChI is InChI=1S/C21H20BrN3O2S/c22-14-7-9-15(10-8-14)23-19(26)11-12-20(27)25-13-3-5-17(25)21-24-16-4-1-2-6-18(16)28-21/h1-2,4,6-10,17H,3,5,11-13H2,(H,23,26)/t17-/m0/s1. The summed E-state index contributed by atoms with van der Waals surface area (Å²) in [6, 6.07) is 15.5. The van der Waals surface area contributed by atoms with E-state index >= 15 is 0 Å². The number of para-hydroxylation sites is 1. The number of carbonyl (C=O) groups excluding carboxylic acids is 2. The van der Waals surface area contributed by atoms with Gasteiger partial charge in [-0.1, -0.05) is 28.1 Å². The Morgan fingerprint density at radius 2 is 1.93 bits per heavy atom. The maximum Gasteiger partial charge on any atom is 0.224 e. The van der Waals surface area contributed by atoms with E-state index in [1.807, 2.05) is 47.4 Å². The molecule has 1 fully saturated rings. The number of amides is 2. The van der Waals surface area contributed by atoms with Gasteiger partial charge in [0, 0.05) is 29.5 Å². The second kappa shape index (κ2) is 8.41. The third kappa shape index (κ3) is 4.25. The van der Waals surface area contributed by atoms with Gasteiger partial charge in [-0.2, -0.15) is 0 Å². The predicted octanol–water partition coefficient (Wildman–Crippen LogP) is 5.14. The first-order valence-corrected chi connectivity index (χ1v) is 10.9. The van der Waals surface area contributed by atoms with Gasteiger partial charge < -0.3 is 10.2 Å². The second-order valence-corrected chi connectivity index (χ2v) is 8.80. The Hall–Kier alpha value is -2.25. The number of nitrogens with zero attached hydrogens (tertiary/aromatic N) is 2. The van der Waals surface area contributed by atoms with E-state index in [0.29, 0.717) is 0 Å². The monoisotopic (exact) mass is 457 g/mol. The molecular formula is C21H20BrN3O2S. The molecule has 28 heavy (non-hydrogen) atoms. The third-order valence-electron chi connectivity index (χ3n) is 4.86. The molecule has 4 rings (SSSR count). The van der Waals surface area contributed by atoms with Gasteiger partial charge in [0.1, 0.15) is 5.01 Å². The van der Waals surface area contributed by atoms with E-state index in [1.165, 1.54) is 0 Å². The lowest BCUT2D eigenvalue weighted by molar-refractivity contribution is -0.133. The molecule has 144 valence electrons. The Labute approximate surface area is 175 Å². The van der Waals surface area contributed by atoms with Crippen LogP contribution in [0.3, 0.4) is 0 Å². The van der Waals surface area contributed by atoms with Crippen molar-refractivity contribution in [3.05, 3.63) is 58.0 Å². The van der Waals surface area contributed by atoms with Gasteiger partial charge in [0.15, 0.2) is 0 Å². The maximum atomic E-state index is 12.8. The van der Waals surface area contributed by atoms with Gasteiger partial charge >= 0.3 is 0 Å². The molecule has 0 saturated carbocycles. The molecule has 0 spiro atoms. The van der Waals surface area contributed by atoms with Crippen LogP contribution in [-0.2, 0) is 9.59 Å². The van der Waals surface area contributed by atoms with Crippen LogP contribution < -0.4 is 5.32 Å². The molecule has 0 radical (unpaired) electrons. The van der Waals surface area contributed by atoms with E-state index in [9.17, 15) is 9.59 Å². The number of carbonyl (C=O) groups is 2. The number of thiazole rings is 1. The van der Waals surface area contributed by atoms with Crippen LogP contribution in [0, 0.1) is 0 Å². The summed E-state index contributed by atoms with van der Waals surface area (Å²) in [5.41, 5.74) is 1.71. The molecule has 5 nitrogen and oxygen atoms in total. The number of fused-ring (bicyclic) bond motifs is 1. The number of aromatic nitrogens is 1. The molecule has 7 heteroatoms. The molecule has 2 amide bonds. The molecule has 1 aliphatic heterocycles. The zero-order chi connectivity index (χ0) is 19.5. The molecule has 1 N–H and O–H groups in total. The van der Waals surface area contributed by atoms with Crippen molar-refractivity contribution in [3.8, 4) is 0 Å². The quantitative estimate of drug-likeness (QED) is 0.576. The van der Waals surface area contributed by atoms with Crippen LogP contribution in [0.1, 0.15) is 36.7 Å². The SMILES string of the molecule is O=C(CCC(=O)N1CCC[C@H]1c1nc2ccccc2s1)Nc1ccc(Br)cc1. The Morgan fingerprint density at radius 3 is 2.71 bits per heavy atom. The molecule has 1 aliphatic rings. The summed E-state index contributed by atoms with van der Waals surface area (Å²) in [6.45, 7) is 0.730.